The Labute approximate surface area is 126 Å². The maximum atomic E-state index is 12.9. The van der Waals surface area contributed by atoms with E-state index >= 15 is 0 Å². The lowest BCUT2D eigenvalue weighted by Gasteiger charge is -2.05. The van der Waals surface area contributed by atoms with Crippen molar-refractivity contribution >= 4 is 11.7 Å². The zero-order valence-electron chi connectivity index (χ0n) is 11.5. The second-order valence-electron chi connectivity index (χ2n) is 4.61. The van der Waals surface area contributed by atoms with E-state index in [9.17, 15) is 9.18 Å². The van der Waals surface area contributed by atoms with E-state index in [1.165, 1.54) is 12.1 Å². The van der Waals surface area contributed by atoms with Crippen molar-refractivity contribution in [2.45, 2.75) is 0 Å². The third kappa shape index (κ3) is 3.15. The molecule has 0 aliphatic rings. The molecule has 5 heteroatoms. The Morgan fingerprint density at radius 1 is 0.909 bits per heavy atom. The SMILES string of the molecule is O=C(Nc1ccccn1)c1ccc(-c2ccc(F)cc2)cn1. The molecule has 108 valence electrons. The van der Waals surface area contributed by atoms with Gasteiger partial charge in [0.15, 0.2) is 0 Å². The molecule has 0 saturated carbocycles. The van der Waals surface area contributed by atoms with Gasteiger partial charge in [0.1, 0.15) is 17.3 Å². The van der Waals surface area contributed by atoms with E-state index in [1.807, 2.05) is 0 Å². The predicted octanol–water partition coefficient (Wildman–Crippen LogP) is 3.54. The second-order valence-corrected chi connectivity index (χ2v) is 4.61. The summed E-state index contributed by atoms with van der Waals surface area (Å²) in [7, 11) is 0. The first kappa shape index (κ1) is 13.9. The molecule has 1 amide bonds. The number of nitrogens with one attached hydrogen (secondary N) is 1. The van der Waals surface area contributed by atoms with Gasteiger partial charge in [-0.2, -0.15) is 0 Å². The van der Waals surface area contributed by atoms with Crippen molar-refractivity contribution < 1.29 is 9.18 Å². The second kappa shape index (κ2) is 6.13. The first-order chi connectivity index (χ1) is 10.7. The standard InChI is InChI=1S/C17H12FN3O/c18-14-7-4-12(5-8-14)13-6-9-15(20-11-13)17(22)21-16-3-1-2-10-19-16/h1-11H,(H,19,21,22). The molecule has 0 bridgehead atoms. The van der Waals surface area contributed by atoms with Gasteiger partial charge in [-0.3, -0.25) is 9.78 Å². The highest BCUT2D eigenvalue weighted by molar-refractivity contribution is 6.02. The average molecular weight is 293 g/mol. The number of benzene rings is 1. The number of anilines is 1. The van der Waals surface area contributed by atoms with Crippen LogP contribution < -0.4 is 5.32 Å². The number of nitrogens with zero attached hydrogens (tertiary/aromatic N) is 2. The fourth-order valence-corrected chi connectivity index (χ4v) is 1.96. The van der Waals surface area contributed by atoms with Gasteiger partial charge < -0.3 is 5.32 Å². The third-order valence-electron chi connectivity index (χ3n) is 3.08. The van der Waals surface area contributed by atoms with E-state index in [0.717, 1.165) is 11.1 Å². The van der Waals surface area contributed by atoms with Crippen LogP contribution in [-0.4, -0.2) is 15.9 Å². The number of aromatic nitrogens is 2. The Balaban J connectivity index is 1.76. The molecule has 0 saturated heterocycles. The van der Waals surface area contributed by atoms with Crippen molar-refractivity contribution in [2.75, 3.05) is 5.32 Å². The average Bonchev–Trinajstić information content (AvgIpc) is 2.57. The van der Waals surface area contributed by atoms with Gasteiger partial charge in [-0.05, 0) is 35.9 Å². The number of carbonyl (C=O) groups excluding carboxylic acids is 1. The van der Waals surface area contributed by atoms with Crippen LogP contribution in [0.4, 0.5) is 10.2 Å². The number of carbonyl (C=O) groups is 1. The van der Waals surface area contributed by atoms with E-state index in [-0.39, 0.29) is 17.4 Å². The molecule has 4 nitrogen and oxygen atoms in total. The molecule has 3 rings (SSSR count). The molecule has 0 aliphatic carbocycles. The van der Waals surface area contributed by atoms with Gasteiger partial charge in [-0.1, -0.05) is 24.3 Å². The fraction of sp³-hybridized carbons (Fsp3) is 0. The van der Waals surface area contributed by atoms with Crippen LogP contribution in [0, 0.1) is 5.82 Å². The van der Waals surface area contributed by atoms with Gasteiger partial charge in [0.25, 0.3) is 5.91 Å². The third-order valence-corrected chi connectivity index (χ3v) is 3.08. The Morgan fingerprint density at radius 2 is 1.68 bits per heavy atom. The Morgan fingerprint density at radius 3 is 2.32 bits per heavy atom. The lowest BCUT2D eigenvalue weighted by atomic mass is 10.1. The highest BCUT2D eigenvalue weighted by atomic mass is 19.1. The minimum absolute atomic E-state index is 0.288. The van der Waals surface area contributed by atoms with Crippen molar-refractivity contribution in [3.63, 3.8) is 0 Å². The van der Waals surface area contributed by atoms with Gasteiger partial charge in [0, 0.05) is 18.0 Å². The molecule has 22 heavy (non-hydrogen) atoms. The summed E-state index contributed by atoms with van der Waals surface area (Å²) in [5.41, 5.74) is 1.94. The quantitative estimate of drug-likeness (QED) is 0.803. The number of pyridine rings is 2. The molecule has 0 radical (unpaired) electrons. The first-order valence-electron chi connectivity index (χ1n) is 6.67. The van der Waals surface area contributed by atoms with Crippen molar-refractivity contribution in [3.05, 3.63) is 78.5 Å². The highest BCUT2D eigenvalue weighted by Crippen LogP contribution is 2.19. The van der Waals surface area contributed by atoms with Gasteiger partial charge in [0.2, 0.25) is 0 Å². The Bertz CT molecular complexity index is 771. The summed E-state index contributed by atoms with van der Waals surface area (Å²) in [4.78, 5) is 20.2. The summed E-state index contributed by atoms with van der Waals surface area (Å²) < 4.78 is 12.9. The normalized spacial score (nSPS) is 10.2. The fourth-order valence-electron chi connectivity index (χ4n) is 1.96. The van der Waals surface area contributed by atoms with Crippen LogP contribution in [0.25, 0.3) is 11.1 Å². The van der Waals surface area contributed by atoms with Crippen LogP contribution in [-0.2, 0) is 0 Å². The van der Waals surface area contributed by atoms with E-state index in [0.29, 0.717) is 5.82 Å². The summed E-state index contributed by atoms with van der Waals surface area (Å²) in [6.45, 7) is 0. The molecule has 2 heterocycles. The predicted molar refractivity (Wildman–Crippen MR) is 81.8 cm³/mol. The lowest BCUT2D eigenvalue weighted by molar-refractivity contribution is 0.102. The zero-order chi connectivity index (χ0) is 15.4. The molecule has 2 aromatic heterocycles. The van der Waals surface area contributed by atoms with Crippen molar-refractivity contribution in [1.29, 1.82) is 0 Å². The number of hydrogen-bond acceptors (Lipinski definition) is 3. The summed E-state index contributed by atoms with van der Waals surface area (Å²) in [6.07, 6.45) is 3.18. The molecule has 3 aromatic rings. The monoisotopic (exact) mass is 293 g/mol. The maximum absolute atomic E-state index is 12.9. The Hall–Kier alpha value is -3.08. The summed E-state index contributed by atoms with van der Waals surface area (Å²) >= 11 is 0. The molecular weight excluding hydrogens is 281 g/mol. The van der Waals surface area contributed by atoms with Crippen LogP contribution >= 0.6 is 0 Å². The Kier molecular flexibility index (Phi) is 3.87. The number of amides is 1. The van der Waals surface area contributed by atoms with E-state index < -0.39 is 0 Å². The molecule has 0 unspecified atom stereocenters. The van der Waals surface area contributed by atoms with E-state index in [2.05, 4.69) is 15.3 Å². The van der Waals surface area contributed by atoms with Crippen LogP contribution in [0.3, 0.4) is 0 Å². The molecule has 1 N–H and O–H groups in total. The minimum atomic E-state index is -0.329. The highest BCUT2D eigenvalue weighted by Gasteiger charge is 2.08. The van der Waals surface area contributed by atoms with Crippen LogP contribution in [0.2, 0.25) is 0 Å². The molecule has 1 aromatic carbocycles. The van der Waals surface area contributed by atoms with E-state index in [1.54, 1.807) is 54.9 Å². The van der Waals surface area contributed by atoms with Gasteiger partial charge in [-0.15, -0.1) is 0 Å². The van der Waals surface area contributed by atoms with Gasteiger partial charge >= 0.3 is 0 Å². The number of rotatable bonds is 3. The summed E-state index contributed by atoms with van der Waals surface area (Å²) in [5, 5.41) is 2.66. The molecule has 0 fully saturated rings. The lowest BCUT2D eigenvalue weighted by Crippen LogP contribution is -2.14. The molecule has 0 spiro atoms. The van der Waals surface area contributed by atoms with Crippen LogP contribution in [0.5, 0.6) is 0 Å². The zero-order valence-corrected chi connectivity index (χ0v) is 11.5. The molecule has 0 aliphatic heterocycles. The van der Waals surface area contributed by atoms with Crippen LogP contribution in [0.1, 0.15) is 10.5 Å². The summed E-state index contributed by atoms with van der Waals surface area (Å²) in [5.74, 6) is -0.149. The maximum Gasteiger partial charge on any atom is 0.275 e. The van der Waals surface area contributed by atoms with Crippen LogP contribution in [0.15, 0.2) is 67.0 Å². The van der Waals surface area contributed by atoms with E-state index in [4.69, 9.17) is 0 Å². The van der Waals surface area contributed by atoms with Crippen molar-refractivity contribution in [1.82, 2.24) is 9.97 Å². The first-order valence-corrected chi connectivity index (χ1v) is 6.67. The minimum Gasteiger partial charge on any atom is -0.305 e. The van der Waals surface area contributed by atoms with Crippen molar-refractivity contribution in [3.8, 4) is 11.1 Å². The largest absolute Gasteiger partial charge is 0.305 e. The smallest absolute Gasteiger partial charge is 0.275 e. The topological polar surface area (TPSA) is 54.9 Å². The molecular formula is C17H12FN3O. The number of hydrogen-bond donors (Lipinski definition) is 1. The van der Waals surface area contributed by atoms with Crippen molar-refractivity contribution in [2.24, 2.45) is 0 Å². The summed E-state index contributed by atoms with van der Waals surface area (Å²) in [6, 6.07) is 14.8. The van der Waals surface area contributed by atoms with Gasteiger partial charge in [0.05, 0.1) is 0 Å². The molecule has 0 atom stereocenters. The van der Waals surface area contributed by atoms with Gasteiger partial charge in [-0.25, -0.2) is 9.37 Å². The number of halogens is 1.